The maximum atomic E-state index is 12.4. The molecule has 0 unspecified atom stereocenters. The van der Waals surface area contributed by atoms with Gasteiger partial charge in [-0.25, -0.2) is 14.4 Å². The lowest BCUT2D eigenvalue weighted by atomic mass is 10.2. The van der Waals surface area contributed by atoms with Crippen LogP contribution in [0.4, 0.5) is 0 Å². The van der Waals surface area contributed by atoms with E-state index in [4.69, 9.17) is 23.7 Å². The number of esters is 3. The van der Waals surface area contributed by atoms with E-state index >= 15 is 0 Å². The van der Waals surface area contributed by atoms with Crippen LogP contribution in [0.5, 0.6) is 23.0 Å². The van der Waals surface area contributed by atoms with Gasteiger partial charge in [0.2, 0.25) is 0 Å². The molecule has 8 heteroatoms. The Morgan fingerprint density at radius 3 is 1.92 bits per heavy atom. The van der Waals surface area contributed by atoms with Crippen molar-refractivity contribution in [1.29, 1.82) is 0 Å². The zero-order valence-electron chi connectivity index (χ0n) is 21.0. The van der Waals surface area contributed by atoms with Crippen molar-refractivity contribution < 1.29 is 38.1 Å². The molecule has 0 amide bonds. The maximum Gasteiger partial charge on any atom is 0.343 e. The van der Waals surface area contributed by atoms with Crippen LogP contribution in [0.2, 0.25) is 0 Å². The molecule has 0 aliphatic carbocycles. The standard InChI is InChI=1S/C30H28O8/c1-3-28(31)36-21-5-4-20-35-25-13-9-23(10-14-25)30(33)38-27-17-15-26(16-18-27)37-29(32)19-8-22-6-11-24(34-2)12-7-22/h3,6-19H,1,4-5,20-21H2,2H3/b19-8+. The second-order valence-electron chi connectivity index (χ2n) is 7.84. The van der Waals surface area contributed by atoms with Gasteiger partial charge in [0.15, 0.2) is 0 Å². The summed E-state index contributed by atoms with van der Waals surface area (Å²) in [5.74, 6) is 0.441. The smallest absolute Gasteiger partial charge is 0.343 e. The van der Waals surface area contributed by atoms with Gasteiger partial charge in [0.25, 0.3) is 0 Å². The summed E-state index contributed by atoms with van der Waals surface area (Å²) in [6, 6.07) is 20.0. The molecule has 0 fully saturated rings. The number of rotatable bonds is 13. The number of methoxy groups -OCH3 is 1. The van der Waals surface area contributed by atoms with E-state index in [2.05, 4.69) is 6.58 Å². The van der Waals surface area contributed by atoms with Gasteiger partial charge >= 0.3 is 17.9 Å². The summed E-state index contributed by atoms with van der Waals surface area (Å²) in [6.45, 7) is 4.09. The molecule has 0 aromatic heterocycles. The van der Waals surface area contributed by atoms with Gasteiger partial charge in [0.05, 0.1) is 25.9 Å². The molecule has 3 rings (SSSR count). The first-order valence-corrected chi connectivity index (χ1v) is 11.8. The summed E-state index contributed by atoms with van der Waals surface area (Å²) < 4.78 is 26.3. The van der Waals surface area contributed by atoms with Gasteiger partial charge in [-0.1, -0.05) is 18.7 Å². The minimum absolute atomic E-state index is 0.307. The summed E-state index contributed by atoms with van der Waals surface area (Å²) in [4.78, 5) is 35.5. The highest BCUT2D eigenvalue weighted by atomic mass is 16.5. The third kappa shape index (κ3) is 9.31. The van der Waals surface area contributed by atoms with Crippen molar-refractivity contribution in [3.8, 4) is 23.0 Å². The van der Waals surface area contributed by atoms with Crippen LogP contribution in [0, 0.1) is 0 Å². The summed E-state index contributed by atoms with van der Waals surface area (Å²) in [5.41, 5.74) is 1.18. The van der Waals surface area contributed by atoms with Crippen LogP contribution in [0.3, 0.4) is 0 Å². The Hall–Kier alpha value is -4.85. The number of unbranched alkanes of at least 4 members (excludes halogenated alkanes) is 1. The van der Waals surface area contributed by atoms with Crippen molar-refractivity contribution >= 4 is 24.0 Å². The molecule has 0 aliphatic rings. The normalized spacial score (nSPS) is 10.4. The predicted octanol–water partition coefficient (Wildman–Crippen LogP) is 5.42. The molecule has 0 spiro atoms. The van der Waals surface area contributed by atoms with Crippen LogP contribution in [-0.2, 0) is 14.3 Å². The van der Waals surface area contributed by atoms with E-state index < -0.39 is 17.9 Å². The van der Waals surface area contributed by atoms with E-state index in [1.54, 1.807) is 49.6 Å². The van der Waals surface area contributed by atoms with E-state index in [1.807, 2.05) is 12.1 Å². The fourth-order valence-electron chi connectivity index (χ4n) is 3.08. The van der Waals surface area contributed by atoms with Crippen LogP contribution < -0.4 is 18.9 Å². The second-order valence-corrected chi connectivity index (χ2v) is 7.84. The molecule has 0 radical (unpaired) electrons. The highest BCUT2D eigenvalue weighted by molar-refractivity contribution is 5.91. The molecule has 3 aromatic carbocycles. The molecule has 0 atom stereocenters. The summed E-state index contributed by atoms with van der Waals surface area (Å²) in [5, 5.41) is 0. The van der Waals surface area contributed by atoms with Crippen molar-refractivity contribution in [2.24, 2.45) is 0 Å². The molecule has 38 heavy (non-hydrogen) atoms. The predicted molar refractivity (Wildman–Crippen MR) is 141 cm³/mol. The zero-order chi connectivity index (χ0) is 27.2. The van der Waals surface area contributed by atoms with E-state index in [-0.39, 0.29) is 0 Å². The third-order valence-electron chi connectivity index (χ3n) is 5.09. The molecule has 0 heterocycles. The molecule has 196 valence electrons. The van der Waals surface area contributed by atoms with Crippen molar-refractivity contribution in [2.45, 2.75) is 12.8 Å². The van der Waals surface area contributed by atoms with Gasteiger partial charge < -0.3 is 23.7 Å². The fourth-order valence-corrected chi connectivity index (χ4v) is 3.08. The minimum atomic E-state index is -0.538. The lowest BCUT2D eigenvalue weighted by Gasteiger charge is -2.08. The Balaban J connectivity index is 1.41. The quantitative estimate of drug-likeness (QED) is 0.129. The van der Waals surface area contributed by atoms with Crippen molar-refractivity contribution in [1.82, 2.24) is 0 Å². The number of hydrogen-bond acceptors (Lipinski definition) is 8. The lowest BCUT2D eigenvalue weighted by molar-refractivity contribution is -0.137. The Bertz CT molecular complexity index is 1240. The molecule has 3 aromatic rings. The second kappa shape index (κ2) is 14.6. The molecule has 0 bridgehead atoms. The summed E-state index contributed by atoms with van der Waals surface area (Å²) in [6.07, 6.45) is 5.46. The van der Waals surface area contributed by atoms with Gasteiger partial charge in [-0.3, -0.25) is 0 Å². The highest BCUT2D eigenvalue weighted by Crippen LogP contribution is 2.20. The number of hydrogen-bond donors (Lipinski definition) is 0. The number of benzene rings is 3. The summed E-state index contributed by atoms with van der Waals surface area (Å²) in [7, 11) is 1.59. The maximum absolute atomic E-state index is 12.4. The van der Waals surface area contributed by atoms with Gasteiger partial charge in [-0.15, -0.1) is 0 Å². The van der Waals surface area contributed by atoms with Crippen LogP contribution in [0.15, 0.2) is 91.5 Å². The van der Waals surface area contributed by atoms with E-state index in [0.717, 1.165) is 17.4 Å². The van der Waals surface area contributed by atoms with Crippen molar-refractivity contribution in [3.63, 3.8) is 0 Å². The van der Waals surface area contributed by atoms with Gasteiger partial charge in [0.1, 0.15) is 23.0 Å². The largest absolute Gasteiger partial charge is 0.497 e. The monoisotopic (exact) mass is 516 g/mol. The highest BCUT2D eigenvalue weighted by Gasteiger charge is 2.10. The first-order chi connectivity index (χ1) is 18.5. The van der Waals surface area contributed by atoms with Gasteiger partial charge in [-0.05, 0) is 85.1 Å². The Kier molecular flexibility index (Phi) is 10.7. The van der Waals surface area contributed by atoms with Crippen molar-refractivity contribution in [2.75, 3.05) is 20.3 Å². The molecular formula is C30H28O8. The number of carbonyl (C=O) groups is 3. The molecule has 8 nitrogen and oxygen atoms in total. The Morgan fingerprint density at radius 1 is 0.711 bits per heavy atom. The Morgan fingerprint density at radius 2 is 1.29 bits per heavy atom. The fraction of sp³-hybridized carbons (Fsp3) is 0.167. The van der Waals surface area contributed by atoms with E-state index in [9.17, 15) is 14.4 Å². The van der Waals surface area contributed by atoms with Crippen LogP contribution in [-0.4, -0.2) is 38.2 Å². The van der Waals surface area contributed by atoms with Crippen LogP contribution >= 0.6 is 0 Å². The van der Waals surface area contributed by atoms with E-state index in [1.165, 1.54) is 30.3 Å². The SMILES string of the molecule is C=CC(=O)OCCCCOc1ccc(C(=O)Oc2ccc(OC(=O)/C=C/c3ccc(OC)cc3)cc2)cc1. The minimum Gasteiger partial charge on any atom is -0.497 e. The van der Waals surface area contributed by atoms with Crippen molar-refractivity contribution in [3.05, 3.63) is 103 Å². The number of ether oxygens (including phenoxy) is 5. The average Bonchev–Trinajstić information content (AvgIpc) is 2.95. The first-order valence-electron chi connectivity index (χ1n) is 11.8. The average molecular weight is 517 g/mol. The zero-order valence-corrected chi connectivity index (χ0v) is 21.0. The topological polar surface area (TPSA) is 97.4 Å². The van der Waals surface area contributed by atoms with Crippen LogP contribution in [0.25, 0.3) is 6.08 Å². The molecule has 0 aliphatic heterocycles. The molecular weight excluding hydrogens is 488 g/mol. The molecule has 0 saturated carbocycles. The first kappa shape index (κ1) is 27.7. The van der Waals surface area contributed by atoms with Crippen LogP contribution in [0.1, 0.15) is 28.8 Å². The molecule has 0 saturated heterocycles. The molecule has 0 N–H and O–H groups in total. The summed E-state index contributed by atoms with van der Waals surface area (Å²) >= 11 is 0. The van der Waals surface area contributed by atoms with E-state index in [0.29, 0.717) is 48.9 Å². The number of carbonyl (C=O) groups excluding carboxylic acids is 3. The lowest BCUT2D eigenvalue weighted by Crippen LogP contribution is -2.09. The van der Waals surface area contributed by atoms with Gasteiger partial charge in [-0.2, -0.15) is 0 Å². The van der Waals surface area contributed by atoms with Gasteiger partial charge in [0, 0.05) is 12.2 Å². The third-order valence-corrected chi connectivity index (χ3v) is 5.09. The Labute approximate surface area is 221 Å².